The number of hydrogen-bond donors (Lipinski definition) is 1. The minimum absolute atomic E-state index is 0.0178. The van der Waals surface area contributed by atoms with Gasteiger partial charge in [0.15, 0.2) is 11.4 Å². The van der Waals surface area contributed by atoms with Crippen LogP contribution in [-0.4, -0.2) is 40.4 Å². The lowest BCUT2D eigenvalue weighted by atomic mass is 9.93. The molecule has 0 spiro atoms. The third-order valence-corrected chi connectivity index (χ3v) is 7.43. The maximum atomic E-state index is 13.3. The number of benzene rings is 2. The molecule has 3 aliphatic heterocycles. The third-order valence-electron chi connectivity index (χ3n) is 6.29. The molecule has 166 valence electrons. The first-order valence-electron chi connectivity index (χ1n) is 10.8. The summed E-state index contributed by atoms with van der Waals surface area (Å²) in [6.07, 6.45) is 5.35. The van der Waals surface area contributed by atoms with E-state index in [9.17, 15) is 14.7 Å². The Balaban J connectivity index is 1.68. The standard InChI is InChI=1S/C25H21N3O4S/c29-18-10-12-27-23(24(18)30)25(31)26-11-3-4-13-32-19-8-5-6-16-14-33-20-9-2-1-7-17(20)22(21(16)19)28(27)15-26/h1-10,12,22,30H,11,13-15H2/b4-3-/t22-/m1/s1. The number of aromatic nitrogens is 1. The van der Waals surface area contributed by atoms with Crippen molar-refractivity contribution in [1.82, 2.24) is 9.58 Å². The summed E-state index contributed by atoms with van der Waals surface area (Å²) < 4.78 is 7.84. The monoisotopic (exact) mass is 459 g/mol. The van der Waals surface area contributed by atoms with E-state index in [2.05, 4.69) is 18.2 Å². The number of fused-ring (bicyclic) bond motifs is 7. The molecule has 0 saturated carbocycles. The maximum absolute atomic E-state index is 13.3. The van der Waals surface area contributed by atoms with Crippen molar-refractivity contribution in [3.05, 3.63) is 99.5 Å². The van der Waals surface area contributed by atoms with E-state index in [-0.39, 0.29) is 24.3 Å². The first-order valence-corrected chi connectivity index (χ1v) is 11.7. The maximum Gasteiger partial charge on any atom is 0.278 e. The lowest BCUT2D eigenvalue weighted by Gasteiger charge is -2.44. The predicted octanol–water partition coefficient (Wildman–Crippen LogP) is 3.25. The Labute approximate surface area is 194 Å². The smallest absolute Gasteiger partial charge is 0.278 e. The fourth-order valence-corrected chi connectivity index (χ4v) is 5.84. The van der Waals surface area contributed by atoms with Crippen LogP contribution in [0.1, 0.15) is 33.2 Å². The van der Waals surface area contributed by atoms with Crippen LogP contribution in [0.5, 0.6) is 11.5 Å². The van der Waals surface area contributed by atoms with Gasteiger partial charge in [-0.15, -0.1) is 11.8 Å². The van der Waals surface area contributed by atoms with E-state index in [4.69, 9.17) is 4.74 Å². The summed E-state index contributed by atoms with van der Waals surface area (Å²) in [6, 6.07) is 15.3. The first kappa shape index (κ1) is 20.0. The average Bonchev–Trinajstić information content (AvgIpc) is 3.01. The van der Waals surface area contributed by atoms with E-state index < -0.39 is 11.2 Å². The number of amides is 1. The number of thioether (sulfide) groups is 1. The predicted molar refractivity (Wildman–Crippen MR) is 125 cm³/mol. The summed E-state index contributed by atoms with van der Waals surface area (Å²) in [4.78, 5) is 28.3. The van der Waals surface area contributed by atoms with Crippen molar-refractivity contribution >= 4 is 17.7 Å². The highest BCUT2D eigenvalue weighted by molar-refractivity contribution is 7.98. The number of carbonyl (C=O) groups excluding carboxylic acids is 1. The second kappa shape index (κ2) is 7.74. The second-order valence-electron chi connectivity index (χ2n) is 8.17. The fraction of sp³-hybridized carbons (Fsp3) is 0.200. The van der Waals surface area contributed by atoms with Crippen LogP contribution in [0.4, 0.5) is 0 Å². The van der Waals surface area contributed by atoms with Gasteiger partial charge in [-0.05, 0) is 29.3 Å². The molecular formula is C25H21N3O4S. The van der Waals surface area contributed by atoms with Gasteiger partial charge in [-0.3, -0.25) is 19.3 Å². The van der Waals surface area contributed by atoms with Crippen molar-refractivity contribution in [3.63, 3.8) is 0 Å². The van der Waals surface area contributed by atoms with Crippen LogP contribution in [0.3, 0.4) is 0 Å². The molecular weight excluding hydrogens is 438 g/mol. The molecule has 0 fully saturated rings. The summed E-state index contributed by atoms with van der Waals surface area (Å²) in [5, 5.41) is 12.7. The minimum Gasteiger partial charge on any atom is -0.502 e. The molecule has 8 heteroatoms. The first-order chi connectivity index (χ1) is 16.1. The van der Waals surface area contributed by atoms with E-state index >= 15 is 0 Å². The number of rotatable bonds is 0. The fourth-order valence-electron chi connectivity index (χ4n) is 4.75. The van der Waals surface area contributed by atoms with E-state index in [1.165, 1.54) is 6.07 Å². The van der Waals surface area contributed by atoms with Gasteiger partial charge < -0.3 is 14.7 Å². The normalized spacial score (nSPS) is 19.9. The number of aromatic hydroxyl groups is 1. The highest BCUT2D eigenvalue weighted by Crippen LogP contribution is 2.46. The molecule has 1 aromatic heterocycles. The Bertz CT molecular complexity index is 1370. The lowest BCUT2D eigenvalue weighted by molar-refractivity contribution is 0.0701. The van der Waals surface area contributed by atoms with Gasteiger partial charge >= 0.3 is 0 Å². The summed E-state index contributed by atoms with van der Waals surface area (Å²) in [7, 11) is 0. The molecule has 3 aromatic rings. The van der Waals surface area contributed by atoms with Gasteiger partial charge in [-0.25, -0.2) is 0 Å². The molecule has 33 heavy (non-hydrogen) atoms. The number of nitrogens with zero attached hydrogens (tertiary/aromatic N) is 3. The highest BCUT2D eigenvalue weighted by atomic mass is 32.2. The van der Waals surface area contributed by atoms with Gasteiger partial charge in [0.05, 0.1) is 0 Å². The van der Waals surface area contributed by atoms with Crippen LogP contribution < -0.4 is 15.2 Å². The molecule has 2 bridgehead atoms. The van der Waals surface area contributed by atoms with Crippen molar-refractivity contribution in [1.29, 1.82) is 0 Å². The summed E-state index contributed by atoms with van der Waals surface area (Å²) in [6.45, 7) is 1.01. The molecule has 1 amide bonds. The minimum atomic E-state index is -0.572. The number of hydrogen-bond acceptors (Lipinski definition) is 6. The second-order valence-corrected chi connectivity index (χ2v) is 9.19. The molecule has 0 saturated heterocycles. The van der Waals surface area contributed by atoms with Gasteiger partial charge in [0.1, 0.15) is 25.1 Å². The summed E-state index contributed by atoms with van der Waals surface area (Å²) >= 11 is 1.77. The zero-order valence-corrected chi connectivity index (χ0v) is 18.5. The van der Waals surface area contributed by atoms with Crippen LogP contribution in [-0.2, 0) is 5.75 Å². The zero-order valence-electron chi connectivity index (χ0n) is 17.7. The molecule has 0 unspecified atom stereocenters. The Morgan fingerprint density at radius 1 is 1.03 bits per heavy atom. The number of ether oxygens (including phenoxy) is 1. The van der Waals surface area contributed by atoms with Gasteiger partial charge in [0.2, 0.25) is 5.43 Å². The van der Waals surface area contributed by atoms with Crippen LogP contribution in [0.2, 0.25) is 0 Å². The highest BCUT2D eigenvalue weighted by Gasteiger charge is 2.39. The number of carbonyl (C=O) groups is 1. The van der Waals surface area contributed by atoms with E-state index in [1.54, 1.807) is 27.5 Å². The van der Waals surface area contributed by atoms with Gasteiger partial charge in [-0.1, -0.05) is 36.4 Å². The van der Waals surface area contributed by atoms with Gasteiger partial charge in [-0.2, -0.15) is 0 Å². The van der Waals surface area contributed by atoms with Crippen molar-refractivity contribution in [3.8, 4) is 11.5 Å². The van der Waals surface area contributed by atoms with Crippen LogP contribution >= 0.6 is 11.8 Å². The van der Waals surface area contributed by atoms with Gasteiger partial charge in [0, 0.05) is 35.0 Å². The molecule has 0 radical (unpaired) electrons. The zero-order chi connectivity index (χ0) is 22.5. The molecule has 3 aliphatic rings. The summed E-state index contributed by atoms with van der Waals surface area (Å²) in [5.74, 6) is 0.666. The molecule has 1 atom stereocenters. The van der Waals surface area contributed by atoms with Crippen LogP contribution in [0.15, 0.2) is 76.6 Å². The quantitative estimate of drug-likeness (QED) is 0.521. The van der Waals surface area contributed by atoms with Crippen LogP contribution in [0.25, 0.3) is 0 Å². The molecule has 7 nitrogen and oxygen atoms in total. The van der Waals surface area contributed by atoms with Crippen molar-refractivity contribution < 1.29 is 14.6 Å². The summed E-state index contributed by atoms with van der Waals surface area (Å²) in [5.41, 5.74) is 2.68. The Hall–Kier alpha value is -3.65. The Kier molecular flexibility index (Phi) is 4.69. The SMILES string of the molecule is O=C1c2c(O)c(=O)ccn2N2CN1C/C=C\COc1cccc3c1[C@H]2c1ccccc1SC3. The lowest BCUT2D eigenvalue weighted by Crippen LogP contribution is -2.55. The molecule has 2 aromatic carbocycles. The number of pyridine rings is 1. The largest absolute Gasteiger partial charge is 0.502 e. The molecule has 6 rings (SSSR count). The molecule has 1 N–H and O–H groups in total. The van der Waals surface area contributed by atoms with Crippen molar-refractivity contribution in [2.75, 3.05) is 24.8 Å². The van der Waals surface area contributed by atoms with Crippen LogP contribution in [0, 0.1) is 0 Å². The average molecular weight is 460 g/mol. The van der Waals surface area contributed by atoms with E-state index in [1.807, 2.05) is 41.4 Å². The van der Waals surface area contributed by atoms with Crippen molar-refractivity contribution in [2.24, 2.45) is 0 Å². The Morgan fingerprint density at radius 2 is 1.91 bits per heavy atom. The molecule has 4 heterocycles. The topological polar surface area (TPSA) is 75.0 Å². The van der Waals surface area contributed by atoms with Crippen molar-refractivity contribution in [2.45, 2.75) is 16.7 Å². The third kappa shape index (κ3) is 3.13. The Morgan fingerprint density at radius 3 is 2.82 bits per heavy atom. The molecule has 0 aliphatic carbocycles. The van der Waals surface area contributed by atoms with Gasteiger partial charge in [0.25, 0.3) is 5.91 Å². The van der Waals surface area contributed by atoms with E-state index in [0.29, 0.717) is 13.2 Å². The van der Waals surface area contributed by atoms with E-state index in [0.717, 1.165) is 33.1 Å².